The van der Waals surface area contributed by atoms with E-state index in [0.717, 1.165) is 35.9 Å². The Balaban J connectivity index is 1.63. The number of anilines is 1. The van der Waals surface area contributed by atoms with Crippen LogP contribution in [-0.2, 0) is 13.5 Å². The average molecular weight is 335 g/mol. The third kappa shape index (κ3) is 2.00. The molecule has 2 atom stereocenters. The number of guanidine groups is 1. The number of amides is 1. The molecule has 1 aromatic carbocycles. The lowest BCUT2D eigenvalue weighted by Crippen LogP contribution is -2.51. The first-order valence-corrected chi connectivity index (χ1v) is 8.90. The summed E-state index contributed by atoms with van der Waals surface area (Å²) in [5, 5.41) is 4.75. The van der Waals surface area contributed by atoms with Gasteiger partial charge in [-0.05, 0) is 24.8 Å². The maximum atomic E-state index is 13.1. The Kier molecular flexibility index (Phi) is 3.04. The summed E-state index contributed by atoms with van der Waals surface area (Å²) in [5.74, 6) is 1.57. The molecule has 2 aromatic rings. The fourth-order valence-corrected chi connectivity index (χ4v) is 4.41. The van der Waals surface area contributed by atoms with Gasteiger partial charge in [-0.15, -0.1) is 0 Å². The van der Waals surface area contributed by atoms with Gasteiger partial charge >= 0.3 is 0 Å². The van der Waals surface area contributed by atoms with E-state index in [1.54, 1.807) is 4.90 Å². The van der Waals surface area contributed by atoms with Gasteiger partial charge in [-0.25, -0.2) is 4.99 Å². The lowest BCUT2D eigenvalue weighted by atomic mass is 10.0. The Morgan fingerprint density at radius 3 is 2.76 bits per heavy atom. The molecule has 0 saturated heterocycles. The first-order valence-electron chi connectivity index (χ1n) is 8.90. The number of aliphatic imine (C=N–C) groups is 1. The van der Waals surface area contributed by atoms with Crippen LogP contribution < -0.4 is 4.90 Å². The third-order valence-electron chi connectivity index (χ3n) is 5.68. The quantitative estimate of drug-likeness (QED) is 0.845. The highest BCUT2D eigenvalue weighted by Crippen LogP contribution is 2.41. The topological polar surface area (TPSA) is 53.7 Å². The van der Waals surface area contributed by atoms with Crippen LogP contribution in [0, 0.1) is 0 Å². The first-order chi connectivity index (χ1) is 12.1. The van der Waals surface area contributed by atoms with E-state index in [4.69, 9.17) is 10.1 Å². The number of benzene rings is 1. The molecule has 25 heavy (non-hydrogen) atoms. The number of aromatic nitrogens is 2. The molecule has 0 bridgehead atoms. The van der Waals surface area contributed by atoms with Gasteiger partial charge in [-0.3, -0.25) is 19.3 Å². The number of hydrogen-bond acceptors (Lipinski definition) is 4. The van der Waals surface area contributed by atoms with E-state index in [2.05, 4.69) is 17.0 Å². The van der Waals surface area contributed by atoms with Crippen LogP contribution >= 0.6 is 0 Å². The van der Waals surface area contributed by atoms with Gasteiger partial charge in [0.25, 0.3) is 5.91 Å². The van der Waals surface area contributed by atoms with E-state index in [-0.39, 0.29) is 5.91 Å². The second kappa shape index (κ2) is 5.18. The zero-order valence-corrected chi connectivity index (χ0v) is 14.5. The van der Waals surface area contributed by atoms with E-state index in [1.807, 2.05) is 37.0 Å². The molecule has 0 N–H and O–H groups in total. The smallest absolute Gasteiger partial charge is 0.266 e. The molecule has 2 aliphatic heterocycles. The molecule has 1 amide bonds. The average Bonchev–Trinajstić information content (AvgIpc) is 3.27. The van der Waals surface area contributed by atoms with Gasteiger partial charge in [0, 0.05) is 20.5 Å². The molecule has 0 spiro atoms. The highest BCUT2D eigenvalue weighted by Gasteiger charge is 2.48. The van der Waals surface area contributed by atoms with Gasteiger partial charge in [-0.1, -0.05) is 30.3 Å². The summed E-state index contributed by atoms with van der Waals surface area (Å²) in [4.78, 5) is 21.8. The molecule has 5 rings (SSSR count). The van der Waals surface area contributed by atoms with Crippen LogP contribution in [0.1, 0.15) is 40.9 Å². The van der Waals surface area contributed by atoms with Crippen molar-refractivity contribution in [2.75, 3.05) is 11.9 Å². The van der Waals surface area contributed by atoms with Crippen molar-refractivity contribution >= 4 is 17.7 Å². The van der Waals surface area contributed by atoms with Crippen LogP contribution in [0.25, 0.3) is 0 Å². The standard InChI is InChI=1S/C19H21N5O/c1-22-18(25)16-15(11-12-7-4-3-5-8-12)23(2)21-17(16)24-14-10-6-9-13(14)20-19(22)24/h3-5,7-8,13-14H,6,9-11H2,1-2H3/t13-,14+/m1/s1. The molecule has 6 nitrogen and oxygen atoms in total. The molecule has 1 fully saturated rings. The van der Waals surface area contributed by atoms with Gasteiger partial charge in [-0.2, -0.15) is 5.10 Å². The van der Waals surface area contributed by atoms with Gasteiger partial charge in [0.05, 0.1) is 17.8 Å². The molecular formula is C19H21N5O. The number of carbonyl (C=O) groups is 1. The predicted octanol–water partition coefficient (Wildman–Crippen LogP) is 2.19. The Bertz CT molecular complexity index is 885. The summed E-state index contributed by atoms with van der Waals surface area (Å²) in [6.07, 6.45) is 4.11. The minimum absolute atomic E-state index is 0.00371. The van der Waals surface area contributed by atoms with Crippen LogP contribution in [-0.4, -0.2) is 45.7 Å². The second-order valence-electron chi connectivity index (χ2n) is 7.16. The summed E-state index contributed by atoms with van der Waals surface area (Å²) < 4.78 is 1.87. The Morgan fingerprint density at radius 1 is 1.16 bits per heavy atom. The van der Waals surface area contributed by atoms with Crippen molar-refractivity contribution in [1.82, 2.24) is 14.7 Å². The number of fused-ring (bicyclic) bond motifs is 5. The van der Waals surface area contributed by atoms with Crippen molar-refractivity contribution in [3.8, 4) is 0 Å². The van der Waals surface area contributed by atoms with E-state index < -0.39 is 0 Å². The fourth-order valence-electron chi connectivity index (χ4n) is 4.41. The Hall–Kier alpha value is -2.63. The van der Waals surface area contributed by atoms with E-state index >= 15 is 0 Å². The summed E-state index contributed by atoms with van der Waals surface area (Å²) in [6.45, 7) is 0. The first kappa shape index (κ1) is 14.7. The van der Waals surface area contributed by atoms with E-state index in [0.29, 0.717) is 18.5 Å². The molecule has 1 aliphatic carbocycles. The van der Waals surface area contributed by atoms with Crippen LogP contribution in [0.5, 0.6) is 0 Å². The third-order valence-corrected chi connectivity index (χ3v) is 5.68. The SMILES string of the molecule is CN1C(=O)c2c(nn(C)c2Cc2ccccc2)N2C1=N[C@@H]1CCC[C@@H]12. The van der Waals surface area contributed by atoms with Crippen molar-refractivity contribution in [1.29, 1.82) is 0 Å². The van der Waals surface area contributed by atoms with Crippen molar-refractivity contribution < 1.29 is 4.79 Å². The van der Waals surface area contributed by atoms with Gasteiger partial charge in [0.1, 0.15) is 5.56 Å². The predicted molar refractivity (Wildman–Crippen MR) is 95.9 cm³/mol. The monoisotopic (exact) mass is 335 g/mol. The summed E-state index contributed by atoms with van der Waals surface area (Å²) in [6, 6.07) is 10.9. The van der Waals surface area contributed by atoms with Crippen LogP contribution in [0.3, 0.4) is 0 Å². The van der Waals surface area contributed by atoms with Gasteiger partial charge in [0.2, 0.25) is 5.96 Å². The molecular weight excluding hydrogens is 314 g/mol. The van der Waals surface area contributed by atoms with Crippen molar-refractivity contribution in [3.63, 3.8) is 0 Å². The molecule has 0 unspecified atom stereocenters. The molecule has 3 aliphatic rings. The van der Waals surface area contributed by atoms with Crippen LogP contribution in [0.4, 0.5) is 5.82 Å². The Morgan fingerprint density at radius 2 is 1.96 bits per heavy atom. The lowest BCUT2D eigenvalue weighted by molar-refractivity contribution is 0.0864. The summed E-state index contributed by atoms with van der Waals surface area (Å²) in [5.41, 5.74) is 2.89. The minimum atomic E-state index is 0.00371. The van der Waals surface area contributed by atoms with Crippen molar-refractivity contribution in [2.24, 2.45) is 12.0 Å². The number of hydrogen-bond donors (Lipinski definition) is 0. The number of aryl methyl sites for hydroxylation is 1. The second-order valence-corrected chi connectivity index (χ2v) is 7.16. The highest BCUT2D eigenvalue weighted by molar-refractivity contribution is 6.19. The summed E-state index contributed by atoms with van der Waals surface area (Å²) in [7, 11) is 3.76. The highest BCUT2D eigenvalue weighted by atomic mass is 16.2. The molecule has 3 heterocycles. The maximum Gasteiger partial charge on any atom is 0.266 e. The summed E-state index contributed by atoms with van der Waals surface area (Å²) >= 11 is 0. The largest absolute Gasteiger partial charge is 0.289 e. The fraction of sp³-hybridized carbons (Fsp3) is 0.421. The molecule has 6 heteroatoms. The van der Waals surface area contributed by atoms with Crippen molar-refractivity contribution in [3.05, 3.63) is 47.2 Å². The van der Waals surface area contributed by atoms with Gasteiger partial charge in [0.15, 0.2) is 5.82 Å². The number of rotatable bonds is 2. The normalized spacial score (nSPS) is 24.2. The van der Waals surface area contributed by atoms with Gasteiger partial charge < -0.3 is 0 Å². The Labute approximate surface area is 146 Å². The van der Waals surface area contributed by atoms with Crippen molar-refractivity contribution in [2.45, 2.75) is 37.8 Å². The number of carbonyl (C=O) groups excluding carboxylic acids is 1. The molecule has 1 aromatic heterocycles. The van der Waals surface area contributed by atoms with Crippen LogP contribution in [0.2, 0.25) is 0 Å². The lowest BCUT2D eigenvalue weighted by Gasteiger charge is -2.34. The number of nitrogens with zero attached hydrogens (tertiary/aromatic N) is 5. The molecule has 128 valence electrons. The zero-order chi connectivity index (χ0) is 17.1. The minimum Gasteiger partial charge on any atom is -0.289 e. The molecule has 1 saturated carbocycles. The molecule has 0 radical (unpaired) electrons. The van der Waals surface area contributed by atoms with E-state index in [1.165, 1.54) is 12.0 Å². The zero-order valence-electron chi connectivity index (χ0n) is 14.5. The van der Waals surface area contributed by atoms with E-state index in [9.17, 15) is 4.79 Å². The van der Waals surface area contributed by atoms with Crippen LogP contribution in [0.15, 0.2) is 35.3 Å². The maximum absolute atomic E-state index is 13.1.